The Bertz CT molecular complexity index is 505. The number of amidine groups is 1. The first-order valence-electron chi connectivity index (χ1n) is 7.06. The number of nitrogens with two attached hydrogens (primary N) is 1. The van der Waals surface area contributed by atoms with Crippen LogP contribution in [0.15, 0.2) is 12.1 Å². The Hall–Kier alpha value is -1.62. The van der Waals surface area contributed by atoms with Crippen LogP contribution in [-0.2, 0) is 0 Å². The molecule has 5 nitrogen and oxygen atoms in total. The van der Waals surface area contributed by atoms with E-state index in [9.17, 15) is 0 Å². The molecular weight excluding hydrogens is 250 g/mol. The number of hydrogen-bond acceptors (Lipinski definition) is 4. The summed E-state index contributed by atoms with van der Waals surface area (Å²) >= 11 is 0. The highest BCUT2D eigenvalue weighted by atomic mass is 15.3. The highest BCUT2D eigenvalue weighted by Gasteiger charge is 2.40. The van der Waals surface area contributed by atoms with Crippen LogP contribution in [0.2, 0.25) is 0 Å². The highest BCUT2D eigenvalue weighted by molar-refractivity contribution is 5.99. The summed E-state index contributed by atoms with van der Waals surface area (Å²) in [6.45, 7) is 2.88. The Balaban J connectivity index is 2.27. The van der Waals surface area contributed by atoms with E-state index in [0.717, 1.165) is 18.1 Å². The number of hydrogen-bond donors (Lipinski definition) is 2. The van der Waals surface area contributed by atoms with Crippen LogP contribution in [0, 0.1) is 12.3 Å². The fourth-order valence-corrected chi connectivity index (χ4v) is 2.89. The zero-order valence-corrected chi connectivity index (χ0v) is 12.9. The van der Waals surface area contributed by atoms with E-state index in [1.807, 2.05) is 26.1 Å². The van der Waals surface area contributed by atoms with Gasteiger partial charge in [-0.2, -0.15) is 0 Å². The lowest BCUT2D eigenvalue weighted by atomic mass is 9.75. The molecule has 0 amide bonds. The molecule has 1 aromatic heterocycles. The molecule has 2 rings (SSSR count). The molecule has 1 fully saturated rings. The number of pyridine rings is 1. The topological polar surface area (TPSA) is 69.2 Å². The lowest BCUT2D eigenvalue weighted by Gasteiger charge is -2.49. The van der Waals surface area contributed by atoms with Crippen molar-refractivity contribution in [3.63, 3.8) is 0 Å². The van der Waals surface area contributed by atoms with Gasteiger partial charge in [-0.1, -0.05) is 0 Å². The van der Waals surface area contributed by atoms with Crippen molar-refractivity contribution in [1.29, 1.82) is 5.41 Å². The van der Waals surface area contributed by atoms with Crippen LogP contribution in [-0.4, -0.2) is 48.9 Å². The second-order valence-corrected chi connectivity index (χ2v) is 6.07. The van der Waals surface area contributed by atoms with Crippen molar-refractivity contribution in [2.45, 2.75) is 31.7 Å². The second-order valence-electron chi connectivity index (χ2n) is 6.07. The molecule has 1 saturated carbocycles. The van der Waals surface area contributed by atoms with Crippen LogP contribution in [0.5, 0.6) is 0 Å². The van der Waals surface area contributed by atoms with Gasteiger partial charge in [-0.3, -0.25) is 5.41 Å². The molecule has 1 aliphatic rings. The average Bonchev–Trinajstić information content (AvgIpc) is 2.32. The monoisotopic (exact) mass is 275 g/mol. The van der Waals surface area contributed by atoms with Gasteiger partial charge in [0.05, 0.1) is 5.56 Å². The summed E-state index contributed by atoms with van der Waals surface area (Å²) in [5.41, 5.74) is 7.57. The zero-order chi connectivity index (χ0) is 14.9. The van der Waals surface area contributed by atoms with Crippen molar-refractivity contribution in [1.82, 2.24) is 9.88 Å². The van der Waals surface area contributed by atoms with Gasteiger partial charge in [-0.25, -0.2) is 4.98 Å². The number of aromatic nitrogens is 1. The second kappa shape index (κ2) is 5.40. The molecule has 1 aromatic rings. The van der Waals surface area contributed by atoms with Gasteiger partial charge in [0, 0.05) is 24.8 Å². The van der Waals surface area contributed by atoms with Crippen molar-refractivity contribution < 1.29 is 0 Å². The summed E-state index contributed by atoms with van der Waals surface area (Å²) in [4.78, 5) is 9.04. The number of rotatable bonds is 5. The number of nitrogens with one attached hydrogen (secondary N) is 1. The number of nitrogens with zero attached hydrogens (tertiary/aromatic N) is 3. The van der Waals surface area contributed by atoms with Crippen molar-refractivity contribution in [3.8, 4) is 0 Å². The molecule has 0 unspecified atom stereocenters. The molecule has 0 saturated heterocycles. The van der Waals surface area contributed by atoms with E-state index in [4.69, 9.17) is 11.1 Å². The van der Waals surface area contributed by atoms with Gasteiger partial charge < -0.3 is 15.5 Å². The molecule has 110 valence electrons. The van der Waals surface area contributed by atoms with Gasteiger partial charge >= 0.3 is 0 Å². The van der Waals surface area contributed by atoms with Gasteiger partial charge in [0.25, 0.3) is 0 Å². The van der Waals surface area contributed by atoms with E-state index in [0.29, 0.717) is 5.56 Å². The molecular formula is C15H25N5. The van der Waals surface area contributed by atoms with Gasteiger partial charge in [0.1, 0.15) is 11.7 Å². The van der Waals surface area contributed by atoms with E-state index >= 15 is 0 Å². The number of likely N-dealkylation sites (N-methyl/N-ethyl adjacent to an activating group) is 2. The van der Waals surface area contributed by atoms with Crippen LogP contribution in [0.3, 0.4) is 0 Å². The first kappa shape index (κ1) is 14.8. The van der Waals surface area contributed by atoms with Gasteiger partial charge in [-0.15, -0.1) is 0 Å². The minimum absolute atomic E-state index is 0.0758. The summed E-state index contributed by atoms with van der Waals surface area (Å²) in [6.07, 6.45) is 3.71. The Labute approximate surface area is 121 Å². The first-order chi connectivity index (χ1) is 9.35. The number of nitrogen functional groups attached to an aromatic ring is 1. The SMILES string of the molecule is Cc1ccc(C(=N)N)c(N(C)CC2(N(C)C)CCC2)n1. The average molecular weight is 275 g/mol. The molecule has 0 aliphatic heterocycles. The predicted molar refractivity (Wildman–Crippen MR) is 83.5 cm³/mol. The lowest BCUT2D eigenvalue weighted by Crippen LogP contribution is -2.57. The summed E-state index contributed by atoms with van der Waals surface area (Å²) < 4.78 is 0. The molecule has 0 aromatic carbocycles. The molecule has 1 heterocycles. The minimum Gasteiger partial charge on any atom is -0.384 e. The summed E-state index contributed by atoms with van der Waals surface area (Å²) in [5, 5.41) is 7.72. The zero-order valence-electron chi connectivity index (χ0n) is 12.9. The summed E-state index contributed by atoms with van der Waals surface area (Å²) in [5.74, 6) is 0.887. The molecule has 1 aliphatic carbocycles. The molecule has 3 N–H and O–H groups in total. The van der Waals surface area contributed by atoms with E-state index in [1.165, 1.54) is 19.3 Å². The molecule has 5 heteroatoms. The molecule has 20 heavy (non-hydrogen) atoms. The number of anilines is 1. The Kier molecular flexibility index (Phi) is 3.99. The van der Waals surface area contributed by atoms with Crippen molar-refractivity contribution in [3.05, 3.63) is 23.4 Å². The minimum atomic E-state index is 0.0758. The first-order valence-corrected chi connectivity index (χ1v) is 7.06. The van der Waals surface area contributed by atoms with Crippen LogP contribution in [0.1, 0.15) is 30.5 Å². The summed E-state index contributed by atoms with van der Waals surface area (Å²) in [6, 6.07) is 3.79. The molecule has 0 bridgehead atoms. The van der Waals surface area contributed by atoms with Crippen molar-refractivity contribution in [2.24, 2.45) is 5.73 Å². The highest BCUT2D eigenvalue weighted by Crippen LogP contribution is 2.37. The fraction of sp³-hybridized carbons (Fsp3) is 0.600. The molecule has 0 radical (unpaired) electrons. The van der Waals surface area contributed by atoms with Gasteiger partial charge in [-0.05, 0) is 52.4 Å². The van der Waals surface area contributed by atoms with Gasteiger partial charge in [0.2, 0.25) is 0 Å². The molecule has 0 atom stereocenters. The fourth-order valence-electron chi connectivity index (χ4n) is 2.89. The maximum absolute atomic E-state index is 7.72. The van der Waals surface area contributed by atoms with Crippen LogP contribution in [0.4, 0.5) is 5.82 Å². The van der Waals surface area contributed by atoms with Crippen molar-refractivity contribution in [2.75, 3.05) is 32.6 Å². The maximum Gasteiger partial charge on any atom is 0.139 e. The van der Waals surface area contributed by atoms with E-state index in [1.54, 1.807) is 0 Å². The Morgan fingerprint density at radius 1 is 1.35 bits per heavy atom. The smallest absolute Gasteiger partial charge is 0.139 e. The molecule has 0 spiro atoms. The van der Waals surface area contributed by atoms with E-state index in [2.05, 4.69) is 28.9 Å². The number of aryl methyl sites for hydroxylation is 1. The predicted octanol–water partition coefficient (Wildman–Crippen LogP) is 1.59. The van der Waals surface area contributed by atoms with Crippen molar-refractivity contribution >= 4 is 11.7 Å². The maximum atomic E-state index is 7.72. The quantitative estimate of drug-likeness (QED) is 0.632. The third-order valence-electron chi connectivity index (χ3n) is 4.43. The van der Waals surface area contributed by atoms with E-state index < -0.39 is 0 Å². The Morgan fingerprint density at radius 3 is 2.45 bits per heavy atom. The summed E-state index contributed by atoms with van der Waals surface area (Å²) in [7, 11) is 6.32. The van der Waals surface area contributed by atoms with E-state index in [-0.39, 0.29) is 11.4 Å². The van der Waals surface area contributed by atoms with Gasteiger partial charge in [0.15, 0.2) is 0 Å². The Morgan fingerprint density at radius 2 is 2.00 bits per heavy atom. The van der Waals surface area contributed by atoms with Crippen LogP contribution >= 0.6 is 0 Å². The van der Waals surface area contributed by atoms with Crippen LogP contribution < -0.4 is 10.6 Å². The largest absolute Gasteiger partial charge is 0.384 e. The standard InChI is InChI=1S/C15H25N5/c1-11-6-7-12(13(16)17)14(18-11)20(4)10-15(19(2)3)8-5-9-15/h6-7H,5,8-10H2,1-4H3,(H3,16,17). The lowest BCUT2D eigenvalue weighted by molar-refractivity contribution is 0.0681. The third-order valence-corrected chi connectivity index (χ3v) is 4.43. The van der Waals surface area contributed by atoms with Crippen LogP contribution in [0.25, 0.3) is 0 Å². The normalized spacial score (nSPS) is 16.9. The third kappa shape index (κ3) is 2.63.